The van der Waals surface area contributed by atoms with Crippen molar-refractivity contribution in [3.63, 3.8) is 0 Å². The molecule has 0 aliphatic carbocycles. The second-order valence-electron chi connectivity index (χ2n) is 6.17. The van der Waals surface area contributed by atoms with Crippen molar-refractivity contribution in [2.24, 2.45) is 0 Å². The molecular weight excluding hydrogens is 404 g/mol. The first-order valence-corrected chi connectivity index (χ1v) is 9.23. The van der Waals surface area contributed by atoms with Gasteiger partial charge in [-0.05, 0) is 44.2 Å². The quantitative estimate of drug-likeness (QED) is 0.749. The second kappa shape index (κ2) is 7.38. The average molecular weight is 420 g/mol. The number of amides is 1. The van der Waals surface area contributed by atoms with Crippen LogP contribution in [0.5, 0.6) is 5.75 Å². The number of sulfone groups is 1. The van der Waals surface area contributed by atoms with Crippen molar-refractivity contribution in [1.29, 1.82) is 0 Å². The molecule has 0 saturated carbocycles. The second-order valence-corrected chi connectivity index (χ2v) is 8.67. The highest BCUT2D eigenvalue weighted by Crippen LogP contribution is 2.31. The molecule has 0 aliphatic rings. The summed E-state index contributed by atoms with van der Waals surface area (Å²) in [6.45, 7) is 2.10. The van der Waals surface area contributed by atoms with Crippen molar-refractivity contribution in [2.45, 2.75) is 29.7 Å². The van der Waals surface area contributed by atoms with Crippen LogP contribution in [0, 0.1) is 5.82 Å². The predicted molar refractivity (Wildman–Crippen MR) is 92.1 cm³/mol. The molecule has 1 aromatic heterocycles. The Morgan fingerprint density at radius 2 is 1.79 bits per heavy atom. The third-order valence-corrected chi connectivity index (χ3v) is 6.34. The van der Waals surface area contributed by atoms with Crippen LogP contribution in [0.15, 0.2) is 41.3 Å². The fourth-order valence-corrected chi connectivity index (χ4v) is 3.55. The van der Waals surface area contributed by atoms with Gasteiger partial charge >= 0.3 is 6.18 Å². The molecule has 152 valence electrons. The number of benzene rings is 1. The van der Waals surface area contributed by atoms with Crippen molar-refractivity contribution in [3.05, 3.63) is 47.9 Å². The van der Waals surface area contributed by atoms with Gasteiger partial charge in [-0.3, -0.25) is 4.79 Å². The lowest BCUT2D eigenvalue weighted by atomic mass is 10.2. The average Bonchev–Trinajstić information content (AvgIpc) is 2.60. The zero-order chi connectivity index (χ0) is 21.3. The zero-order valence-electron chi connectivity index (χ0n) is 15.0. The van der Waals surface area contributed by atoms with Gasteiger partial charge < -0.3 is 10.1 Å². The van der Waals surface area contributed by atoms with Gasteiger partial charge in [0.1, 0.15) is 16.3 Å². The van der Waals surface area contributed by atoms with Crippen LogP contribution in [-0.2, 0) is 20.8 Å². The topological polar surface area (TPSA) is 85.4 Å². The number of hydrogen-bond acceptors (Lipinski definition) is 5. The van der Waals surface area contributed by atoms with Crippen LogP contribution in [-0.4, -0.2) is 31.2 Å². The molecule has 28 heavy (non-hydrogen) atoms. The number of pyridine rings is 1. The third kappa shape index (κ3) is 4.08. The summed E-state index contributed by atoms with van der Waals surface area (Å²) in [5.41, 5.74) is -1.25. The van der Waals surface area contributed by atoms with Gasteiger partial charge in [-0.25, -0.2) is 17.8 Å². The Morgan fingerprint density at radius 3 is 2.32 bits per heavy atom. The number of carbonyl (C=O) groups is 1. The maximum absolute atomic E-state index is 13.9. The molecule has 0 unspecified atom stereocenters. The van der Waals surface area contributed by atoms with E-state index in [0.29, 0.717) is 12.1 Å². The first kappa shape index (κ1) is 21.6. The number of halogens is 4. The minimum atomic E-state index is -4.73. The van der Waals surface area contributed by atoms with E-state index in [4.69, 9.17) is 4.74 Å². The van der Waals surface area contributed by atoms with Crippen molar-refractivity contribution in [1.82, 2.24) is 4.98 Å². The molecule has 0 atom stereocenters. The molecule has 0 bridgehead atoms. The van der Waals surface area contributed by atoms with Crippen molar-refractivity contribution < 1.29 is 35.5 Å². The van der Waals surface area contributed by atoms with Gasteiger partial charge in [-0.15, -0.1) is 0 Å². The maximum Gasteiger partial charge on any atom is 0.433 e. The Kier molecular flexibility index (Phi) is 5.69. The molecule has 1 N–H and O–H groups in total. The van der Waals surface area contributed by atoms with Crippen molar-refractivity contribution >= 4 is 21.6 Å². The molecule has 1 aromatic carbocycles. The number of nitrogens with one attached hydrogen (secondary N) is 1. The summed E-state index contributed by atoms with van der Waals surface area (Å²) >= 11 is 0. The van der Waals surface area contributed by atoms with E-state index in [1.807, 2.05) is 0 Å². The first-order valence-electron chi connectivity index (χ1n) is 7.74. The number of rotatable bonds is 5. The summed E-state index contributed by atoms with van der Waals surface area (Å²) in [7, 11) is -3.20. The normalized spacial score (nSPS) is 12.5. The highest BCUT2D eigenvalue weighted by molar-refractivity contribution is 7.93. The Morgan fingerprint density at radius 1 is 1.14 bits per heavy atom. The number of ether oxygens (including phenoxy) is 1. The van der Waals surface area contributed by atoms with Gasteiger partial charge in [0, 0.05) is 0 Å². The fourth-order valence-electron chi connectivity index (χ4n) is 2.16. The van der Waals surface area contributed by atoms with E-state index in [9.17, 15) is 30.8 Å². The lowest BCUT2D eigenvalue weighted by Crippen LogP contribution is -2.44. The Labute approximate surface area is 158 Å². The number of alkyl halides is 3. The number of methoxy groups -OCH3 is 1. The van der Waals surface area contributed by atoms with Crippen molar-refractivity contribution in [2.75, 3.05) is 12.4 Å². The van der Waals surface area contributed by atoms with E-state index in [1.54, 1.807) is 0 Å². The van der Waals surface area contributed by atoms with Gasteiger partial charge in [0.15, 0.2) is 21.4 Å². The number of nitrogens with zero attached hydrogens (tertiary/aromatic N) is 1. The molecule has 0 saturated heterocycles. The van der Waals surface area contributed by atoms with Crippen LogP contribution in [0.25, 0.3) is 0 Å². The van der Waals surface area contributed by atoms with Crippen LogP contribution in [0.1, 0.15) is 19.5 Å². The minimum absolute atomic E-state index is 0.186. The zero-order valence-corrected chi connectivity index (χ0v) is 15.8. The van der Waals surface area contributed by atoms with Gasteiger partial charge in [0.2, 0.25) is 5.91 Å². The largest absolute Gasteiger partial charge is 0.494 e. The standard InChI is InChI=1S/C17H16F4N2O4S/c1-16(2,28(25,26)10-7-8-12(27-3)11(18)9-10)15(24)23-14-6-4-5-13(22-14)17(19,20)21/h4-9H,1-3H3,(H,22,23,24). The van der Waals surface area contributed by atoms with Gasteiger partial charge in [0.05, 0.1) is 12.0 Å². The lowest BCUT2D eigenvalue weighted by molar-refractivity contribution is -0.141. The first-order chi connectivity index (χ1) is 12.8. The van der Waals surface area contributed by atoms with Gasteiger partial charge in [-0.2, -0.15) is 13.2 Å². The molecule has 2 rings (SSSR count). The number of hydrogen-bond donors (Lipinski definition) is 1. The smallest absolute Gasteiger partial charge is 0.433 e. The van der Waals surface area contributed by atoms with Crippen LogP contribution in [0.3, 0.4) is 0 Å². The molecule has 0 aliphatic heterocycles. The van der Waals surface area contributed by atoms with E-state index in [2.05, 4.69) is 10.3 Å². The summed E-state index contributed by atoms with van der Waals surface area (Å²) in [6.07, 6.45) is -4.73. The fraction of sp³-hybridized carbons (Fsp3) is 0.294. The molecule has 2 aromatic rings. The molecule has 0 fully saturated rings. The van der Waals surface area contributed by atoms with Crippen LogP contribution in [0.4, 0.5) is 23.4 Å². The predicted octanol–water partition coefficient (Wildman–Crippen LogP) is 3.44. The van der Waals surface area contributed by atoms with E-state index in [-0.39, 0.29) is 5.75 Å². The Bertz CT molecular complexity index is 1000. The molecule has 0 spiro atoms. The van der Waals surface area contributed by atoms with E-state index >= 15 is 0 Å². The van der Waals surface area contributed by atoms with Crippen LogP contribution >= 0.6 is 0 Å². The molecule has 6 nitrogen and oxygen atoms in total. The maximum atomic E-state index is 13.9. The number of anilines is 1. The summed E-state index contributed by atoms with van der Waals surface area (Å²) in [4.78, 5) is 15.3. The molecule has 1 amide bonds. The SMILES string of the molecule is COc1ccc(S(=O)(=O)C(C)(C)C(=O)Nc2cccc(C(F)(F)F)n2)cc1F. The Balaban J connectivity index is 2.35. The number of aromatic nitrogens is 1. The van der Waals surface area contributed by atoms with Gasteiger partial charge in [-0.1, -0.05) is 6.07 Å². The van der Waals surface area contributed by atoms with E-state index < -0.39 is 48.9 Å². The van der Waals surface area contributed by atoms with Crippen LogP contribution in [0.2, 0.25) is 0 Å². The van der Waals surface area contributed by atoms with Crippen LogP contribution < -0.4 is 10.1 Å². The molecule has 1 heterocycles. The summed E-state index contributed by atoms with van der Waals surface area (Å²) in [5, 5.41) is 2.06. The summed E-state index contributed by atoms with van der Waals surface area (Å²) in [5.74, 6) is -2.73. The van der Waals surface area contributed by atoms with Gasteiger partial charge in [0.25, 0.3) is 0 Å². The summed E-state index contributed by atoms with van der Waals surface area (Å²) in [6, 6.07) is 5.66. The number of carbonyl (C=O) groups excluding carboxylic acids is 1. The Hall–Kier alpha value is -2.69. The van der Waals surface area contributed by atoms with E-state index in [0.717, 1.165) is 38.1 Å². The summed E-state index contributed by atoms with van der Waals surface area (Å²) < 4.78 is 80.2. The van der Waals surface area contributed by atoms with E-state index in [1.165, 1.54) is 7.11 Å². The minimum Gasteiger partial charge on any atom is -0.494 e. The third-order valence-electron chi connectivity index (χ3n) is 3.93. The van der Waals surface area contributed by atoms with Crippen molar-refractivity contribution in [3.8, 4) is 5.75 Å². The highest BCUT2D eigenvalue weighted by Gasteiger charge is 2.43. The lowest BCUT2D eigenvalue weighted by Gasteiger charge is -2.24. The molecule has 0 radical (unpaired) electrons. The molecular formula is C17H16F4N2O4S. The molecule has 11 heteroatoms. The highest BCUT2D eigenvalue weighted by atomic mass is 32.2. The monoisotopic (exact) mass is 420 g/mol.